The highest BCUT2D eigenvalue weighted by molar-refractivity contribution is 6.29. The number of benzene rings is 1. The molecule has 144 valence electrons. The summed E-state index contributed by atoms with van der Waals surface area (Å²) in [7, 11) is 0. The van der Waals surface area contributed by atoms with Crippen LogP contribution < -0.4 is 11.3 Å². The van der Waals surface area contributed by atoms with Crippen LogP contribution in [-0.4, -0.2) is 9.97 Å². The molecule has 2 aromatic heterocycles. The van der Waals surface area contributed by atoms with E-state index in [4.69, 9.17) is 17.3 Å². The van der Waals surface area contributed by atoms with Crippen LogP contribution in [0.1, 0.15) is 16.7 Å². The van der Waals surface area contributed by atoms with E-state index in [0.29, 0.717) is 11.1 Å². The van der Waals surface area contributed by atoms with Crippen molar-refractivity contribution >= 4 is 17.4 Å². The third kappa shape index (κ3) is 3.77. The van der Waals surface area contributed by atoms with Crippen molar-refractivity contribution in [1.82, 2.24) is 9.97 Å². The molecule has 0 aliphatic rings. The monoisotopic (exact) mass is 415 g/mol. The maximum absolute atomic E-state index is 13.0. The van der Waals surface area contributed by atoms with Crippen molar-refractivity contribution in [2.75, 3.05) is 5.73 Å². The number of alkyl halides is 3. The number of rotatable bonds is 2. The fraction of sp³-hybridized carbons (Fsp3) is 0.0526. The Kier molecular flexibility index (Phi) is 5.02. The van der Waals surface area contributed by atoms with Crippen molar-refractivity contribution in [1.29, 1.82) is 10.5 Å². The molecule has 0 unspecified atom stereocenters. The van der Waals surface area contributed by atoms with Gasteiger partial charge in [-0.05, 0) is 17.7 Å². The molecule has 3 N–H and O–H groups in total. The number of nitriles is 2. The number of aromatic nitrogens is 2. The summed E-state index contributed by atoms with van der Waals surface area (Å²) in [5.41, 5.74) is 4.24. The van der Waals surface area contributed by atoms with E-state index in [1.54, 1.807) is 6.07 Å². The van der Waals surface area contributed by atoms with Crippen molar-refractivity contribution in [2.45, 2.75) is 6.18 Å². The molecule has 0 amide bonds. The predicted molar refractivity (Wildman–Crippen MR) is 99.6 cm³/mol. The van der Waals surface area contributed by atoms with E-state index < -0.39 is 17.3 Å². The number of nitrogens with two attached hydrogens (primary N) is 1. The molecule has 29 heavy (non-hydrogen) atoms. The lowest BCUT2D eigenvalue weighted by Crippen LogP contribution is -2.16. The second-order valence-electron chi connectivity index (χ2n) is 5.86. The van der Waals surface area contributed by atoms with Crippen molar-refractivity contribution in [3.05, 3.63) is 68.6 Å². The van der Waals surface area contributed by atoms with Gasteiger partial charge in [-0.1, -0.05) is 35.9 Å². The minimum absolute atomic E-state index is 0.0113. The van der Waals surface area contributed by atoms with Crippen LogP contribution in [0.2, 0.25) is 5.15 Å². The van der Waals surface area contributed by atoms with Gasteiger partial charge in [-0.2, -0.15) is 23.7 Å². The molecule has 0 fully saturated rings. The summed E-state index contributed by atoms with van der Waals surface area (Å²) in [4.78, 5) is 18.1. The van der Waals surface area contributed by atoms with Gasteiger partial charge >= 0.3 is 6.18 Å². The van der Waals surface area contributed by atoms with Gasteiger partial charge in [-0.25, -0.2) is 4.98 Å². The van der Waals surface area contributed by atoms with Crippen LogP contribution in [0, 0.1) is 22.7 Å². The average Bonchev–Trinajstić information content (AvgIpc) is 2.66. The van der Waals surface area contributed by atoms with Crippen molar-refractivity contribution in [3.63, 3.8) is 0 Å². The van der Waals surface area contributed by atoms with Crippen molar-refractivity contribution in [2.24, 2.45) is 0 Å². The molecule has 0 bridgehead atoms. The molecular weight excluding hydrogens is 407 g/mol. The molecule has 1 aromatic carbocycles. The third-order valence-corrected chi connectivity index (χ3v) is 4.25. The van der Waals surface area contributed by atoms with Crippen LogP contribution in [0.3, 0.4) is 0 Å². The molecule has 3 aromatic rings. The molecule has 0 saturated carbocycles. The van der Waals surface area contributed by atoms with Gasteiger partial charge in [-0.3, -0.25) is 4.79 Å². The fourth-order valence-corrected chi connectivity index (χ4v) is 2.96. The van der Waals surface area contributed by atoms with E-state index in [1.807, 2.05) is 6.07 Å². The normalized spacial score (nSPS) is 11.0. The second kappa shape index (κ2) is 7.30. The Hall–Kier alpha value is -3.82. The number of H-pyrrole nitrogens is 1. The predicted octanol–water partition coefficient (Wildman–Crippen LogP) is 4.10. The van der Waals surface area contributed by atoms with Crippen LogP contribution in [0.25, 0.3) is 22.4 Å². The van der Waals surface area contributed by atoms with Crippen molar-refractivity contribution < 1.29 is 13.2 Å². The minimum Gasteiger partial charge on any atom is -0.384 e. The van der Waals surface area contributed by atoms with Crippen LogP contribution in [0.15, 0.2) is 41.2 Å². The molecular formula is C19H9ClF3N5O. The first kappa shape index (κ1) is 19.9. The van der Waals surface area contributed by atoms with E-state index >= 15 is 0 Å². The van der Waals surface area contributed by atoms with Gasteiger partial charge in [0.15, 0.2) is 0 Å². The summed E-state index contributed by atoms with van der Waals surface area (Å²) in [6.07, 6.45) is -4.59. The lowest BCUT2D eigenvalue weighted by atomic mass is 9.95. The summed E-state index contributed by atoms with van der Waals surface area (Å²) < 4.78 is 39.0. The van der Waals surface area contributed by atoms with E-state index in [1.165, 1.54) is 24.3 Å². The summed E-state index contributed by atoms with van der Waals surface area (Å²) >= 11 is 5.71. The van der Waals surface area contributed by atoms with Gasteiger partial charge < -0.3 is 10.7 Å². The van der Waals surface area contributed by atoms with Crippen LogP contribution in [-0.2, 0) is 6.18 Å². The zero-order valence-electron chi connectivity index (χ0n) is 14.3. The maximum atomic E-state index is 13.0. The first-order valence-electron chi connectivity index (χ1n) is 7.87. The number of hydrogen-bond donors (Lipinski definition) is 2. The number of halogens is 4. The molecule has 0 aliphatic heterocycles. The smallest absolute Gasteiger partial charge is 0.384 e. The topological polar surface area (TPSA) is 119 Å². The lowest BCUT2D eigenvalue weighted by molar-refractivity contribution is -0.137. The van der Waals surface area contributed by atoms with Gasteiger partial charge in [0.1, 0.15) is 34.2 Å². The molecule has 0 radical (unpaired) electrons. The zero-order valence-corrected chi connectivity index (χ0v) is 15.1. The largest absolute Gasteiger partial charge is 0.416 e. The quantitative estimate of drug-likeness (QED) is 0.610. The van der Waals surface area contributed by atoms with E-state index in [2.05, 4.69) is 9.97 Å². The highest BCUT2D eigenvalue weighted by Gasteiger charge is 2.31. The molecule has 3 rings (SSSR count). The van der Waals surface area contributed by atoms with Gasteiger partial charge in [0.25, 0.3) is 5.56 Å². The second-order valence-corrected chi connectivity index (χ2v) is 6.24. The molecule has 0 aliphatic carbocycles. The summed E-state index contributed by atoms with van der Waals surface area (Å²) in [5.74, 6) is -0.193. The number of anilines is 1. The Balaban J connectivity index is 2.15. The molecule has 6 nitrogen and oxygen atoms in total. The third-order valence-electron chi connectivity index (χ3n) is 4.06. The van der Waals surface area contributed by atoms with E-state index in [-0.39, 0.29) is 33.4 Å². The number of pyridine rings is 2. The Morgan fingerprint density at radius 3 is 2.17 bits per heavy atom. The highest BCUT2D eigenvalue weighted by Crippen LogP contribution is 2.34. The standard InChI is InChI=1S/C19H9ClF3N5O/c20-15-6-11(19(21,22)23)5-14(27-15)9-1-3-10(4-2-9)16-12(7-24)17(26)28-18(29)13(16)8-25/h1-6H,(H3,26,28,29). The Bertz CT molecular complexity index is 1250. The number of nitrogens with zero attached hydrogens (tertiary/aromatic N) is 3. The maximum Gasteiger partial charge on any atom is 0.416 e. The van der Waals surface area contributed by atoms with Crippen LogP contribution in [0.5, 0.6) is 0 Å². The molecule has 0 saturated heterocycles. The number of nitrogens with one attached hydrogen (secondary N) is 1. The first-order chi connectivity index (χ1) is 13.7. The Morgan fingerprint density at radius 1 is 1.03 bits per heavy atom. The Morgan fingerprint density at radius 2 is 1.62 bits per heavy atom. The summed E-state index contributed by atoms with van der Waals surface area (Å²) in [6.45, 7) is 0. The zero-order chi connectivity index (χ0) is 21.3. The number of aromatic amines is 1. The molecule has 0 spiro atoms. The van der Waals surface area contributed by atoms with Crippen LogP contribution >= 0.6 is 11.6 Å². The minimum atomic E-state index is -4.59. The Labute approximate surface area is 166 Å². The van der Waals surface area contributed by atoms with Gasteiger partial charge in [0, 0.05) is 11.1 Å². The van der Waals surface area contributed by atoms with Gasteiger partial charge in [-0.15, -0.1) is 0 Å². The molecule has 10 heteroatoms. The van der Waals surface area contributed by atoms with Gasteiger partial charge in [0.2, 0.25) is 0 Å². The van der Waals surface area contributed by atoms with E-state index in [0.717, 1.165) is 12.1 Å². The van der Waals surface area contributed by atoms with Gasteiger partial charge in [0.05, 0.1) is 11.3 Å². The first-order valence-corrected chi connectivity index (χ1v) is 8.25. The fourth-order valence-electron chi connectivity index (χ4n) is 2.75. The lowest BCUT2D eigenvalue weighted by Gasteiger charge is -2.11. The SMILES string of the molecule is N#Cc1c(N)[nH]c(=O)c(C#N)c1-c1ccc(-c2cc(C(F)(F)F)cc(Cl)n2)cc1. The average molecular weight is 416 g/mol. The summed E-state index contributed by atoms with van der Waals surface area (Å²) in [6, 6.07) is 10.9. The summed E-state index contributed by atoms with van der Waals surface area (Å²) in [5, 5.41) is 18.3. The number of hydrogen-bond acceptors (Lipinski definition) is 5. The van der Waals surface area contributed by atoms with E-state index in [9.17, 15) is 28.5 Å². The van der Waals surface area contributed by atoms with Crippen molar-refractivity contribution in [3.8, 4) is 34.5 Å². The molecule has 0 atom stereocenters. The highest BCUT2D eigenvalue weighted by atomic mass is 35.5. The number of nitrogen functional groups attached to an aromatic ring is 1. The molecule has 2 heterocycles. The van der Waals surface area contributed by atoms with Crippen LogP contribution in [0.4, 0.5) is 19.0 Å².